The van der Waals surface area contributed by atoms with Crippen molar-refractivity contribution in [3.63, 3.8) is 0 Å². The van der Waals surface area contributed by atoms with Crippen LogP contribution in [0.25, 0.3) is 11.3 Å². The van der Waals surface area contributed by atoms with Gasteiger partial charge in [-0.1, -0.05) is 38.1 Å². The first-order valence-electron chi connectivity index (χ1n) is 8.53. The van der Waals surface area contributed by atoms with Crippen LogP contribution >= 0.6 is 11.3 Å². The highest BCUT2D eigenvalue weighted by Gasteiger charge is 2.63. The van der Waals surface area contributed by atoms with Gasteiger partial charge in [-0.3, -0.25) is 4.79 Å². The summed E-state index contributed by atoms with van der Waals surface area (Å²) in [6, 6.07) is 8.06. The number of carbonyl (C=O) groups is 1. The number of carbonyl (C=O) groups excluding carboxylic acids is 1. The van der Waals surface area contributed by atoms with Crippen molar-refractivity contribution in [1.29, 1.82) is 0 Å². The molecule has 1 saturated carbocycles. The summed E-state index contributed by atoms with van der Waals surface area (Å²) in [6.07, 6.45) is 0.530. The van der Waals surface area contributed by atoms with Gasteiger partial charge in [0, 0.05) is 29.4 Å². The van der Waals surface area contributed by atoms with E-state index in [1.165, 1.54) is 11.3 Å². The molecule has 1 aliphatic rings. The summed E-state index contributed by atoms with van der Waals surface area (Å²) < 4.78 is 5.69. The Labute approximate surface area is 152 Å². The predicted molar refractivity (Wildman–Crippen MR) is 102 cm³/mol. The minimum atomic E-state index is -0.943. The number of anilines is 1. The fourth-order valence-corrected chi connectivity index (χ4v) is 4.05. The minimum Gasteiger partial charge on any atom is -0.378 e. The van der Waals surface area contributed by atoms with Crippen LogP contribution in [0.2, 0.25) is 0 Å². The summed E-state index contributed by atoms with van der Waals surface area (Å²) in [5.41, 5.74) is 8.15. The summed E-state index contributed by atoms with van der Waals surface area (Å²) in [5.74, 6) is -0.195. The predicted octanol–water partition coefficient (Wildman–Crippen LogP) is 3.59. The van der Waals surface area contributed by atoms with E-state index in [1.54, 1.807) is 0 Å². The van der Waals surface area contributed by atoms with E-state index in [0.29, 0.717) is 18.2 Å². The van der Waals surface area contributed by atoms with Gasteiger partial charge in [-0.05, 0) is 19.4 Å². The second-order valence-electron chi connectivity index (χ2n) is 7.15. The molecule has 0 spiro atoms. The van der Waals surface area contributed by atoms with E-state index in [2.05, 4.69) is 10.3 Å². The van der Waals surface area contributed by atoms with Gasteiger partial charge in [-0.15, -0.1) is 11.3 Å². The van der Waals surface area contributed by atoms with Crippen LogP contribution in [0.15, 0.2) is 29.6 Å². The number of hydrogen-bond acceptors (Lipinski definition) is 5. The Morgan fingerprint density at radius 3 is 2.80 bits per heavy atom. The third-order valence-corrected chi connectivity index (χ3v) is 6.14. The van der Waals surface area contributed by atoms with E-state index in [4.69, 9.17) is 10.5 Å². The number of benzene rings is 1. The third kappa shape index (κ3) is 2.99. The van der Waals surface area contributed by atoms with Gasteiger partial charge in [0.05, 0.1) is 11.8 Å². The maximum Gasteiger partial charge on any atom is 0.246 e. The Morgan fingerprint density at radius 1 is 1.44 bits per heavy atom. The fourth-order valence-electron chi connectivity index (χ4n) is 3.34. The third-order valence-electron chi connectivity index (χ3n) is 5.38. The molecule has 1 aliphatic carbocycles. The van der Waals surface area contributed by atoms with E-state index < -0.39 is 11.0 Å². The second-order valence-corrected chi connectivity index (χ2v) is 8.01. The molecule has 1 aromatic heterocycles. The first kappa shape index (κ1) is 18.0. The second kappa shape index (κ2) is 6.52. The number of nitrogens with one attached hydrogen (secondary N) is 1. The topological polar surface area (TPSA) is 77.2 Å². The number of aromatic nitrogens is 1. The molecular formula is C19H25N3O2S. The molecule has 0 aliphatic heterocycles. The van der Waals surface area contributed by atoms with Gasteiger partial charge in [0.2, 0.25) is 5.91 Å². The molecule has 1 heterocycles. The highest BCUT2D eigenvalue weighted by atomic mass is 32.1. The highest BCUT2D eigenvalue weighted by Crippen LogP contribution is 2.50. The maximum atomic E-state index is 12.8. The Kier molecular flexibility index (Phi) is 4.70. The Bertz CT molecular complexity index is 786. The molecule has 5 nitrogen and oxygen atoms in total. The normalized spacial score (nSPS) is 24.6. The van der Waals surface area contributed by atoms with Crippen molar-refractivity contribution >= 4 is 22.4 Å². The van der Waals surface area contributed by atoms with Crippen LogP contribution in [0.1, 0.15) is 32.8 Å². The maximum absolute atomic E-state index is 12.8. The number of thiazole rings is 1. The molecule has 1 amide bonds. The lowest BCUT2D eigenvalue weighted by molar-refractivity contribution is -0.166. The largest absolute Gasteiger partial charge is 0.378 e. The first-order valence-corrected chi connectivity index (χ1v) is 9.41. The molecule has 6 heteroatoms. The zero-order valence-corrected chi connectivity index (χ0v) is 15.9. The lowest BCUT2D eigenvalue weighted by Gasteiger charge is -2.57. The van der Waals surface area contributed by atoms with Crippen molar-refractivity contribution in [3.05, 3.63) is 35.2 Å². The van der Waals surface area contributed by atoms with E-state index in [0.717, 1.165) is 16.8 Å². The monoisotopic (exact) mass is 359 g/mol. The van der Waals surface area contributed by atoms with Crippen LogP contribution < -0.4 is 11.1 Å². The average molecular weight is 359 g/mol. The number of hydrogen-bond donors (Lipinski definition) is 2. The number of rotatable bonds is 5. The SMILES string of the molecule is CCOC1CC(N)(C(=O)Nc2nc(-c3ccccc3C)cs2)C1(C)C. The molecule has 25 heavy (non-hydrogen) atoms. The summed E-state index contributed by atoms with van der Waals surface area (Å²) in [7, 11) is 0. The smallest absolute Gasteiger partial charge is 0.246 e. The number of amides is 1. The summed E-state index contributed by atoms with van der Waals surface area (Å²) >= 11 is 1.41. The molecule has 134 valence electrons. The van der Waals surface area contributed by atoms with Crippen LogP contribution in [-0.4, -0.2) is 29.1 Å². The Hall–Kier alpha value is -1.76. The minimum absolute atomic E-state index is 0.00655. The molecule has 1 fully saturated rings. The van der Waals surface area contributed by atoms with Crippen molar-refractivity contribution in [2.24, 2.45) is 11.1 Å². The molecule has 1 aromatic carbocycles. The molecule has 2 unspecified atom stereocenters. The lowest BCUT2D eigenvalue weighted by Crippen LogP contribution is -2.74. The van der Waals surface area contributed by atoms with Gasteiger partial charge in [-0.25, -0.2) is 4.98 Å². The molecule has 2 atom stereocenters. The summed E-state index contributed by atoms with van der Waals surface area (Å²) in [4.78, 5) is 17.3. The quantitative estimate of drug-likeness (QED) is 0.855. The van der Waals surface area contributed by atoms with Gasteiger partial charge in [0.15, 0.2) is 5.13 Å². The van der Waals surface area contributed by atoms with Gasteiger partial charge in [0.25, 0.3) is 0 Å². The number of ether oxygens (including phenoxy) is 1. The van der Waals surface area contributed by atoms with Crippen molar-refractivity contribution in [2.45, 2.75) is 45.8 Å². The Morgan fingerprint density at radius 2 is 2.16 bits per heavy atom. The van der Waals surface area contributed by atoms with Gasteiger partial charge in [-0.2, -0.15) is 0 Å². The van der Waals surface area contributed by atoms with Gasteiger partial charge in [0.1, 0.15) is 5.54 Å². The zero-order valence-electron chi connectivity index (χ0n) is 15.1. The summed E-state index contributed by atoms with van der Waals surface area (Å²) in [6.45, 7) is 8.59. The van der Waals surface area contributed by atoms with Crippen molar-refractivity contribution < 1.29 is 9.53 Å². The lowest BCUT2D eigenvalue weighted by atomic mass is 9.54. The van der Waals surface area contributed by atoms with Gasteiger partial charge >= 0.3 is 0 Å². The first-order chi connectivity index (χ1) is 11.8. The molecule has 0 radical (unpaired) electrons. The summed E-state index contributed by atoms with van der Waals surface area (Å²) in [5, 5.41) is 5.43. The molecule has 3 rings (SSSR count). The van der Waals surface area contributed by atoms with Crippen LogP contribution in [0.3, 0.4) is 0 Å². The van der Waals surface area contributed by atoms with Crippen LogP contribution in [0, 0.1) is 12.3 Å². The van der Waals surface area contributed by atoms with Crippen molar-refractivity contribution in [3.8, 4) is 11.3 Å². The number of aryl methyl sites for hydroxylation is 1. The van der Waals surface area contributed by atoms with E-state index in [1.807, 2.05) is 57.3 Å². The number of nitrogens with zero attached hydrogens (tertiary/aromatic N) is 1. The van der Waals surface area contributed by atoms with Gasteiger partial charge < -0.3 is 15.8 Å². The van der Waals surface area contributed by atoms with Crippen molar-refractivity contribution in [1.82, 2.24) is 4.98 Å². The molecular weight excluding hydrogens is 334 g/mol. The standard InChI is InChI=1S/C19H25N3O2S/c1-5-24-15-10-19(20,18(15,3)4)16(23)22-17-21-14(11-25-17)13-9-7-6-8-12(13)2/h6-9,11,15H,5,10,20H2,1-4H3,(H,21,22,23). The number of nitrogens with two attached hydrogens (primary N) is 1. The van der Waals surface area contributed by atoms with Crippen LogP contribution in [0.5, 0.6) is 0 Å². The molecule has 0 saturated heterocycles. The zero-order chi connectivity index (χ0) is 18.2. The van der Waals surface area contributed by atoms with E-state index >= 15 is 0 Å². The average Bonchev–Trinajstić information content (AvgIpc) is 3.03. The molecule has 3 N–H and O–H groups in total. The molecule has 2 aromatic rings. The highest BCUT2D eigenvalue weighted by molar-refractivity contribution is 7.14. The fraction of sp³-hybridized carbons (Fsp3) is 0.474. The molecule has 0 bridgehead atoms. The van der Waals surface area contributed by atoms with E-state index in [9.17, 15) is 4.79 Å². The Balaban J connectivity index is 1.74. The van der Waals surface area contributed by atoms with Crippen LogP contribution in [-0.2, 0) is 9.53 Å². The van der Waals surface area contributed by atoms with E-state index in [-0.39, 0.29) is 12.0 Å². The van der Waals surface area contributed by atoms with Crippen molar-refractivity contribution in [2.75, 3.05) is 11.9 Å². The van der Waals surface area contributed by atoms with Crippen LogP contribution in [0.4, 0.5) is 5.13 Å².